The van der Waals surface area contributed by atoms with Crippen molar-refractivity contribution in [3.05, 3.63) is 83.4 Å². The van der Waals surface area contributed by atoms with Crippen molar-refractivity contribution in [1.82, 2.24) is 0 Å². The molecular weight excluding hydrogens is 470 g/mol. The number of rotatable bonds is 5. The van der Waals surface area contributed by atoms with Crippen LogP contribution in [0, 0.1) is 0 Å². The standard InChI is InChI=1S/C27H26BF3NO4/c1-27(2,3)36-25(33)17-13-18(28(29,30)31)15-19(14-17)32(4)26(34)35-16-24-22-11-7-5-9-20(22)21-10-6-8-12-23(21)24/h5-15,24H,16H2,1-4H3/q-1. The Balaban J connectivity index is 1.57. The number of nitrogens with zero attached hydrogens (tertiary/aromatic N) is 1. The summed E-state index contributed by atoms with van der Waals surface area (Å²) < 4.78 is 51.7. The van der Waals surface area contributed by atoms with Crippen LogP contribution in [0.25, 0.3) is 11.1 Å². The Bertz CT molecular complexity index is 1270. The van der Waals surface area contributed by atoms with Gasteiger partial charge in [-0.05, 0) is 49.1 Å². The molecule has 0 spiro atoms. The SMILES string of the molecule is CN(C(=O)OCC1c2ccccc2-c2ccccc21)c1cc(C(=O)OC(C)(C)C)cc([B-](F)(F)F)c1. The first-order chi connectivity index (χ1) is 16.8. The molecule has 188 valence electrons. The summed E-state index contributed by atoms with van der Waals surface area (Å²) in [6, 6.07) is 18.4. The van der Waals surface area contributed by atoms with Crippen LogP contribution in [0.5, 0.6) is 0 Å². The Kier molecular flexibility index (Phi) is 6.60. The Morgan fingerprint density at radius 3 is 2.00 bits per heavy atom. The predicted octanol–water partition coefficient (Wildman–Crippen LogP) is 6.08. The van der Waals surface area contributed by atoms with Crippen LogP contribution in [-0.2, 0) is 9.47 Å². The van der Waals surface area contributed by atoms with Crippen molar-refractivity contribution >= 4 is 30.2 Å². The number of amides is 1. The molecule has 9 heteroatoms. The fraction of sp³-hybridized carbons (Fsp3) is 0.259. The number of carbonyl (C=O) groups is 2. The maximum absolute atomic E-state index is 13.6. The topological polar surface area (TPSA) is 55.8 Å². The number of carbonyl (C=O) groups excluding carboxylic acids is 2. The van der Waals surface area contributed by atoms with Gasteiger partial charge in [-0.2, -0.15) is 0 Å². The number of hydrogen-bond donors (Lipinski definition) is 0. The molecule has 0 bridgehead atoms. The molecule has 4 rings (SSSR count). The third kappa shape index (κ3) is 5.25. The van der Waals surface area contributed by atoms with E-state index in [0.717, 1.165) is 39.3 Å². The maximum Gasteiger partial charge on any atom is 0.509 e. The summed E-state index contributed by atoms with van der Waals surface area (Å²) in [6.45, 7) is -0.565. The van der Waals surface area contributed by atoms with Crippen molar-refractivity contribution in [1.29, 1.82) is 0 Å². The van der Waals surface area contributed by atoms with E-state index < -0.39 is 30.1 Å². The number of halogens is 3. The first-order valence-electron chi connectivity index (χ1n) is 11.5. The molecule has 0 unspecified atom stereocenters. The summed E-state index contributed by atoms with van der Waals surface area (Å²) in [4.78, 5) is 26.4. The molecule has 0 saturated carbocycles. The number of benzene rings is 3. The van der Waals surface area contributed by atoms with Gasteiger partial charge in [0.15, 0.2) is 0 Å². The van der Waals surface area contributed by atoms with E-state index in [2.05, 4.69) is 0 Å². The number of esters is 1. The van der Waals surface area contributed by atoms with Crippen LogP contribution in [0.3, 0.4) is 0 Å². The van der Waals surface area contributed by atoms with Gasteiger partial charge in [0.25, 0.3) is 0 Å². The zero-order valence-electron chi connectivity index (χ0n) is 20.4. The second-order valence-electron chi connectivity index (χ2n) is 9.75. The molecule has 1 aliphatic carbocycles. The molecule has 0 aliphatic heterocycles. The van der Waals surface area contributed by atoms with Crippen molar-refractivity contribution in [2.45, 2.75) is 32.3 Å². The Hall–Kier alpha value is -3.75. The minimum absolute atomic E-state index is 0.0129. The molecule has 0 atom stereocenters. The van der Waals surface area contributed by atoms with Crippen molar-refractivity contribution in [2.24, 2.45) is 0 Å². The van der Waals surface area contributed by atoms with Crippen molar-refractivity contribution in [3.8, 4) is 11.1 Å². The van der Waals surface area contributed by atoms with Gasteiger partial charge in [-0.3, -0.25) is 4.90 Å². The van der Waals surface area contributed by atoms with Gasteiger partial charge in [-0.1, -0.05) is 60.7 Å². The Morgan fingerprint density at radius 2 is 1.47 bits per heavy atom. The highest BCUT2D eigenvalue weighted by Crippen LogP contribution is 2.44. The Labute approximate surface area is 207 Å². The predicted molar refractivity (Wildman–Crippen MR) is 134 cm³/mol. The second kappa shape index (κ2) is 9.37. The highest BCUT2D eigenvalue weighted by atomic mass is 19.4. The lowest BCUT2D eigenvalue weighted by Crippen LogP contribution is -2.37. The van der Waals surface area contributed by atoms with Crippen molar-refractivity contribution in [3.63, 3.8) is 0 Å². The Morgan fingerprint density at radius 1 is 0.917 bits per heavy atom. The molecule has 0 radical (unpaired) electrons. The van der Waals surface area contributed by atoms with Gasteiger partial charge in [0.2, 0.25) is 0 Å². The molecule has 3 aromatic rings. The normalized spacial score (nSPS) is 13.1. The molecule has 0 fully saturated rings. The zero-order valence-corrected chi connectivity index (χ0v) is 20.4. The molecule has 36 heavy (non-hydrogen) atoms. The highest BCUT2D eigenvalue weighted by Gasteiger charge is 2.31. The van der Waals surface area contributed by atoms with Gasteiger partial charge in [0.1, 0.15) is 12.2 Å². The number of ether oxygens (including phenoxy) is 2. The van der Waals surface area contributed by atoms with E-state index in [1.54, 1.807) is 20.8 Å². The minimum Gasteiger partial charge on any atom is -0.456 e. The van der Waals surface area contributed by atoms with Gasteiger partial charge in [-0.15, -0.1) is 5.46 Å². The van der Waals surface area contributed by atoms with Crippen LogP contribution in [-0.4, -0.2) is 38.3 Å². The lowest BCUT2D eigenvalue weighted by atomic mass is 9.79. The van der Waals surface area contributed by atoms with Crippen LogP contribution >= 0.6 is 0 Å². The monoisotopic (exact) mass is 496 g/mol. The summed E-state index contributed by atoms with van der Waals surface area (Å²) in [5.74, 6) is -1.11. The summed E-state index contributed by atoms with van der Waals surface area (Å²) in [6.07, 6.45) is -0.834. The van der Waals surface area contributed by atoms with Crippen LogP contribution in [0.4, 0.5) is 23.4 Å². The van der Waals surface area contributed by atoms with Crippen LogP contribution < -0.4 is 10.4 Å². The molecule has 0 aromatic heterocycles. The van der Waals surface area contributed by atoms with E-state index >= 15 is 0 Å². The average molecular weight is 496 g/mol. The lowest BCUT2D eigenvalue weighted by molar-refractivity contribution is 0.00695. The van der Waals surface area contributed by atoms with Crippen LogP contribution in [0.15, 0.2) is 66.7 Å². The lowest BCUT2D eigenvalue weighted by Gasteiger charge is -2.24. The van der Waals surface area contributed by atoms with Gasteiger partial charge >= 0.3 is 19.0 Å². The second-order valence-corrected chi connectivity index (χ2v) is 9.75. The van der Waals surface area contributed by atoms with E-state index in [1.807, 2.05) is 48.5 Å². The summed E-state index contributed by atoms with van der Waals surface area (Å²) >= 11 is 0. The van der Waals surface area contributed by atoms with Crippen molar-refractivity contribution < 1.29 is 32.0 Å². The largest absolute Gasteiger partial charge is 0.509 e. The van der Waals surface area contributed by atoms with E-state index in [9.17, 15) is 22.5 Å². The third-order valence-electron chi connectivity index (χ3n) is 5.95. The molecule has 1 aliphatic rings. The van der Waals surface area contributed by atoms with E-state index in [4.69, 9.17) is 9.47 Å². The maximum atomic E-state index is 13.6. The fourth-order valence-electron chi connectivity index (χ4n) is 4.27. The number of fused-ring (bicyclic) bond motifs is 3. The van der Waals surface area contributed by atoms with Gasteiger partial charge in [0.05, 0.1) is 5.56 Å². The molecule has 0 saturated heterocycles. The first-order valence-corrected chi connectivity index (χ1v) is 11.5. The van der Waals surface area contributed by atoms with Gasteiger partial charge in [0, 0.05) is 18.7 Å². The fourth-order valence-corrected chi connectivity index (χ4v) is 4.27. The zero-order chi connectivity index (χ0) is 26.3. The summed E-state index contributed by atoms with van der Waals surface area (Å²) in [7, 11) is 1.31. The molecule has 1 amide bonds. The highest BCUT2D eigenvalue weighted by molar-refractivity contribution is 6.73. The van der Waals surface area contributed by atoms with Crippen molar-refractivity contribution in [2.75, 3.05) is 18.6 Å². The van der Waals surface area contributed by atoms with Gasteiger partial charge in [-0.25, -0.2) is 9.59 Å². The number of anilines is 1. The molecule has 5 nitrogen and oxygen atoms in total. The van der Waals surface area contributed by atoms with Crippen LogP contribution in [0.2, 0.25) is 0 Å². The summed E-state index contributed by atoms with van der Waals surface area (Å²) in [5, 5.41) is 0. The first kappa shape index (κ1) is 25.4. The van der Waals surface area contributed by atoms with E-state index in [1.165, 1.54) is 13.1 Å². The number of hydrogen-bond acceptors (Lipinski definition) is 4. The van der Waals surface area contributed by atoms with E-state index in [-0.39, 0.29) is 23.8 Å². The van der Waals surface area contributed by atoms with E-state index in [0.29, 0.717) is 0 Å². The van der Waals surface area contributed by atoms with Gasteiger partial charge < -0.3 is 22.4 Å². The smallest absolute Gasteiger partial charge is 0.456 e. The quantitative estimate of drug-likeness (QED) is 0.317. The molecular formula is C27H26BF3NO4-. The van der Waals surface area contributed by atoms with Crippen LogP contribution in [0.1, 0.15) is 48.2 Å². The molecule has 0 N–H and O–H groups in total. The third-order valence-corrected chi connectivity index (χ3v) is 5.95. The molecule has 3 aromatic carbocycles. The molecule has 0 heterocycles. The minimum atomic E-state index is -5.43. The average Bonchev–Trinajstić information content (AvgIpc) is 3.14. The summed E-state index contributed by atoms with van der Waals surface area (Å²) in [5.41, 5.74) is 1.84.